The molecular formula is C15H15F3O. The molecule has 19 heavy (non-hydrogen) atoms. The van der Waals surface area contributed by atoms with Gasteiger partial charge in [0, 0.05) is 5.56 Å². The summed E-state index contributed by atoms with van der Waals surface area (Å²) in [6.45, 7) is 2.78. The first-order valence-corrected chi connectivity index (χ1v) is 5.93. The number of allylic oxidation sites excluding steroid dienone is 1. The summed E-state index contributed by atoms with van der Waals surface area (Å²) in [6.07, 6.45) is 0.546. The monoisotopic (exact) mass is 268 g/mol. The van der Waals surface area contributed by atoms with E-state index in [0.717, 1.165) is 18.6 Å². The summed E-state index contributed by atoms with van der Waals surface area (Å²) in [5, 5.41) is 0. The fourth-order valence-electron chi connectivity index (χ4n) is 1.29. The van der Waals surface area contributed by atoms with Gasteiger partial charge in [0.1, 0.15) is 6.61 Å². The number of halogens is 3. The van der Waals surface area contributed by atoms with Crippen LogP contribution in [0.2, 0.25) is 0 Å². The van der Waals surface area contributed by atoms with Crippen molar-refractivity contribution in [2.45, 2.75) is 19.5 Å². The highest BCUT2D eigenvalue weighted by atomic mass is 19.4. The number of benzene rings is 1. The Kier molecular flexibility index (Phi) is 6.17. The maximum Gasteiger partial charge on any atom is 0.416 e. The van der Waals surface area contributed by atoms with Crippen LogP contribution in [0.15, 0.2) is 36.4 Å². The van der Waals surface area contributed by atoms with Crippen LogP contribution in [-0.4, -0.2) is 13.2 Å². The van der Waals surface area contributed by atoms with Crippen LogP contribution < -0.4 is 0 Å². The largest absolute Gasteiger partial charge is 0.416 e. The fraction of sp³-hybridized carbons (Fsp3) is 0.333. The molecule has 4 heteroatoms. The molecule has 0 fully saturated rings. The van der Waals surface area contributed by atoms with Crippen molar-refractivity contribution < 1.29 is 17.9 Å². The van der Waals surface area contributed by atoms with E-state index < -0.39 is 11.7 Å². The molecule has 0 aliphatic heterocycles. The van der Waals surface area contributed by atoms with E-state index in [9.17, 15) is 13.2 Å². The van der Waals surface area contributed by atoms with E-state index >= 15 is 0 Å². The third-order valence-electron chi connectivity index (χ3n) is 2.24. The lowest BCUT2D eigenvalue weighted by Gasteiger charge is -2.05. The number of hydrogen-bond acceptors (Lipinski definition) is 1. The molecule has 1 aromatic carbocycles. The van der Waals surface area contributed by atoms with Crippen LogP contribution in [-0.2, 0) is 10.9 Å². The van der Waals surface area contributed by atoms with Crippen molar-refractivity contribution in [3.63, 3.8) is 0 Å². The summed E-state index contributed by atoms with van der Waals surface area (Å²) >= 11 is 0. The standard InChI is InChI=1S/C15H15F3O/c1-2-3-4-11-19-12-5-6-13-7-9-14(10-8-13)15(16,17)18/h3-4,7-10H,2,11-12H2,1H3/b4-3-. The highest BCUT2D eigenvalue weighted by Gasteiger charge is 2.29. The molecule has 0 spiro atoms. The van der Waals surface area contributed by atoms with Gasteiger partial charge in [-0.3, -0.25) is 0 Å². The number of alkyl halides is 3. The molecule has 0 unspecified atom stereocenters. The first-order valence-electron chi connectivity index (χ1n) is 5.93. The highest BCUT2D eigenvalue weighted by molar-refractivity contribution is 5.36. The minimum atomic E-state index is -4.30. The molecule has 1 aromatic rings. The highest BCUT2D eigenvalue weighted by Crippen LogP contribution is 2.28. The van der Waals surface area contributed by atoms with Gasteiger partial charge in [0.15, 0.2) is 0 Å². The zero-order chi connectivity index (χ0) is 14.1. The maximum absolute atomic E-state index is 12.3. The van der Waals surface area contributed by atoms with Gasteiger partial charge < -0.3 is 4.74 Å². The average Bonchev–Trinajstić information content (AvgIpc) is 2.37. The van der Waals surface area contributed by atoms with E-state index in [0.29, 0.717) is 12.2 Å². The first-order chi connectivity index (χ1) is 9.04. The van der Waals surface area contributed by atoms with Crippen molar-refractivity contribution in [2.24, 2.45) is 0 Å². The van der Waals surface area contributed by atoms with Crippen molar-refractivity contribution in [3.8, 4) is 11.8 Å². The van der Waals surface area contributed by atoms with E-state index in [1.165, 1.54) is 12.1 Å². The van der Waals surface area contributed by atoms with Gasteiger partial charge in [-0.05, 0) is 30.7 Å². The second-order valence-corrected chi connectivity index (χ2v) is 3.77. The second-order valence-electron chi connectivity index (χ2n) is 3.77. The Labute approximate surface area is 111 Å². The summed E-state index contributed by atoms with van der Waals surface area (Å²) in [5.74, 6) is 5.50. The summed E-state index contributed by atoms with van der Waals surface area (Å²) in [7, 11) is 0. The molecule has 1 nitrogen and oxygen atoms in total. The second kappa shape index (κ2) is 7.65. The minimum Gasteiger partial charge on any atom is -0.365 e. The lowest BCUT2D eigenvalue weighted by atomic mass is 10.1. The fourth-order valence-corrected chi connectivity index (χ4v) is 1.29. The van der Waals surface area contributed by atoms with Crippen molar-refractivity contribution in [1.82, 2.24) is 0 Å². The number of ether oxygens (including phenoxy) is 1. The van der Waals surface area contributed by atoms with Gasteiger partial charge in [-0.2, -0.15) is 13.2 Å². The molecule has 0 saturated heterocycles. The molecule has 0 heterocycles. The van der Waals surface area contributed by atoms with Gasteiger partial charge in [0.2, 0.25) is 0 Å². The SMILES string of the molecule is CC/C=C\COCC#Cc1ccc(C(F)(F)F)cc1. The molecule has 102 valence electrons. The van der Waals surface area contributed by atoms with Crippen LogP contribution >= 0.6 is 0 Å². The van der Waals surface area contributed by atoms with Gasteiger partial charge in [0.05, 0.1) is 12.2 Å². The predicted octanol–water partition coefficient (Wildman–Crippen LogP) is 4.04. The van der Waals surface area contributed by atoms with Crippen molar-refractivity contribution >= 4 is 0 Å². The molecule has 0 saturated carbocycles. The summed E-state index contributed by atoms with van der Waals surface area (Å²) in [6, 6.07) is 4.75. The van der Waals surface area contributed by atoms with Crippen LogP contribution in [0.3, 0.4) is 0 Å². The molecule has 0 bridgehead atoms. The van der Waals surface area contributed by atoms with Gasteiger partial charge in [-0.1, -0.05) is 30.9 Å². The van der Waals surface area contributed by atoms with E-state index in [2.05, 4.69) is 11.8 Å². The Bertz CT molecular complexity index is 461. The maximum atomic E-state index is 12.3. The first kappa shape index (κ1) is 15.3. The average molecular weight is 268 g/mol. The van der Waals surface area contributed by atoms with Crippen LogP contribution in [0.25, 0.3) is 0 Å². The number of hydrogen-bond donors (Lipinski definition) is 0. The quantitative estimate of drug-likeness (QED) is 0.455. The summed E-state index contributed by atoms with van der Waals surface area (Å²) < 4.78 is 42.1. The van der Waals surface area contributed by atoms with Crippen LogP contribution in [0.5, 0.6) is 0 Å². The van der Waals surface area contributed by atoms with E-state index in [1.807, 2.05) is 19.1 Å². The van der Waals surface area contributed by atoms with Gasteiger partial charge in [-0.25, -0.2) is 0 Å². The van der Waals surface area contributed by atoms with Gasteiger partial charge in [-0.15, -0.1) is 0 Å². The van der Waals surface area contributed by atoms with Crippen LogP contribution in [0.1, 0.15) is 24.5 Å². The third kappa shape index (κ3) is 6.12. The molecule has 0 N–H and O–H groups in total. The molecule has 0 aliphatic carbocycles. The van der Waals surface area contributed by atoms with Crippen molar-refractivity contribution in [2.75, 3.05) is 13.2 Å². The molecule has 0 radical (unpaired) electrons. The van der Waals surface area contributed by atoms with Crippen LogP contribution in [0.4, 0.5) is 13.2 Å². The Morgan fingerprint density at radius 2 is 1.84 bits per heavy atom. The van der Waals surface area contributed by atoms with Gasteiger partial charge in [0.25, 0.3) is 0 Å². The Morgan fingerprint density at radius 3 is 2.42 bits per heavy atom. The molecule has 0 amide bonds. The van der Waals surface area contributed by atoms with Gasteiger partial charge >= 0.3 is 6.18 Å². The van der Waals surface area contributed by atoms with Crippen molar-refractivity contribution in [1.29, 1.82) is 0 Å². The van der Waals surface area contributed by atoms with E-state index in [1.54, 1.807) is 0 Å². The summed E-state index contributed by atoms with van der Waals surface area (Å²) in [5.41, 5.74) is -0.125. The number of rotatable bonds is 4. The van der Waals surface area contributed by atoms with Crippen molar-refractivity contribution in [3.05, 3.63) is 47.5 Å². The minimum absolute atomic E-state index is 0.259. The smallest absolute Gasteiger partial charge is 0.365 e. The molecule has 1 rings (SSSR count). The lowest BCUT2D eigenvalue weighted by Crippen LogP contribution is -2.04. The molecule has 0 aromatic heterocycles. The molecular weight excluding hydrogens is 253 g/mol. The third-order valence-corrected chi connectivity index (χ3v) is 2.24. The molecule has 0 aliphatic rings. The Balaban J connectivity index is 2.44. The zero-order valence-electron chi connectivity index (χ0n) is 10.6. The summed E-state index contributed by atoms with van der Waals surface area (Å²) in [4.78, 5) is 0. The molecule has 0 atom stereocenters. The lowest BCUT2D eigenvalue weighted by molar-refractivity contribution is -0.137. The van der Waals surface area contributed by atoms with E-state index in [4.69, 9.17) is 4.74 Å². The predicted molar refractivity (Wildman–Crippen MR) is 68.6 cm³/mol. The zero-order valence-corrected chi connectivity index (χ0v) is 10.6. The van der Waals surface area contributed by atoms with Crippen LogP contribution in [0, 0.1) is 11.8 Å². The van der Waals surface area contributed by atoms with E-state index in [-0.39, 0.29) is 6.61 Å². The Hall–Kier alpha value is -1.73. The normalized spacial score (nSPS) is 11.4. The topological polar surface area (TPSA) is 9.23 Å². The Morgan fingerprint density at radius 1 is 1.16 bits per heavy atom.